The molecular weight excluding hydrogens is 423 g/mol. The van der Waals surface area contributed by atoms with E-state index >= 15 is 0 Å². The fourth-order valence-electron chi connectivity index (χ4n) is 3.98. The van der Waals surface area contributed by atoms with Crippen molar-refractivity contribution in [2.45, 2.75) is 25.6 Å². The number of carbonyl (C=O) groups is 1. The minimum Gasteiger partial charge on any atom is -0.370 e. The first-order valence-electron chi connectivity index (χ1n) is 9.69. The van der Waals surface area contributed by atoms with Gasteiger partial charge in [0.05, 0.1) is 18.8 Å². The molecule has 2 aliphatic heterocycles. The van der Waals surface area contributed by atoms with E-state index in [-0.39, 0.29) is 5.56 Å². The number of halogens is 5. The lowest BCUT2D eigenvalue weighted by molar-refractivity contribution is -0.169. The van der Waals surface area contributed by atoms with E-state index in [0.717, 1.165) is 0 Å². The van der Waals surface area contributed by atoms with Gasteiger partial charge in [-0.05, 0) is 18.6 Å². The summed E-state index contributed by atoms with van der Waals surface area (Å²) in [4.78, 5) is 14.8. The number of nitrogens with zero attached hydrogens (tertiary/aromatic N) is 1. The van der Waals surface area contributed by atoms with Gasteiger partial charge in [-0.2, -0.15) is 0 Å². The Bertz CT molecular complexity index is 1000. The third kappa shape index (κ3) is 3.74. The summed E-state index contributed by atoms with van der Waals surface area (Å²) >= 11 is 0. The van der Waals surface area contributed by atoms with Gasteiger partial charge < -0.3 is 19.7 Å². The monoisotopic (exact) mass is 442 g/mol. The van der Waals surface area contributed by atoms with Crippen molar-refractivity contribution in [2.75, 3.05) is 36.5 Å². The maximum atomic E-state index is 14.0. The predicted octanol–water partition coefficient (Wildman–Crippen LogP) is 4.29. The Morgan fingerprint density at radius 1 is 0.935 bits per heavy atom. The average Bonchev–Trinajstić information content (AvgIpc) is 3.22. The summed E-state index contributed by atoms with van der Waals surface area (Å²) in [6, 6.07) is 4.99. The molecule has 2 aromatic rings. The first kappa shape index (κ1) is 21.5. The second kappa shape index (κ2) is 8.08. The molecule has 10 heteroatoms. The zero-order chi connectivity index (χ0) is 22.3. The fraction of sp³-hybridized carbons (Fsp3) is 0.381. The second-order valence-corrected chi connectivity index (χ2v) is 7.46. The zero-order valence-electron chi connectivity index (χ0n) is 16.5. The van der Waals surface area contributed by atoms with E-state index in [1.165, 1.54) is 0 Å². The molecule has 1 amide bonds. The molecule has 0 aromatic heterocycles. The van der Waals surface area contributed by atoms with Crippen LogP contribution in [0.15, 0.2) is 18.2 Å². The van der Waals surface area contributed by atoms with Gasteiger partial charge >= 0.3 is 0 Å². The third-order valence-electron chi connectivity index (χ3n) is 5.61. The molecule has 2 aliphatic rings. The molecule has 0 saturated carbocycles. The SMILES string of the molecule is Cc1cccc(N2CCC3(CC2)OCCO3)c1C(=O)Nc1c(F)c(F)c(F)c(F)c1F. The van der Waals surface area contributed by atoms with Crippen molar-refractivity contribution >= 4 is 17.3 Å². The number of amides is 1. The Morgan fingerprint density at radius 2 is 1.48 bits per heavy atom. The van der Waals surface area contributed by atoms with Gasteiger partial charge in [0.1, 0.15) is 5.69 Å². The number of ether oxygens (including phenoxy) is 2. The fourth-order valence-corrected chi connectivity index (χ4v) is 3.98. The number of hydrogen-bond acceptors (Lipinski definition) is 4. The minimum atomic E-state index is -2.29. The molecule has 0 bridgehead atoms. The molecular formula is C21H19F5N2O3. The number of nitrogens with one attached hydrogen (secondary N) is 1. The van der Waals surface area contributed by atoms with Crippen molar-refractivity contribution in [2.24, 2.45) is 0 Å². The number of aryl methyl sites for hydroxylation is 1. The molecule has 166 valence electrons. The van der Waals surface area contributed by atoms with Gasteiger partial charge in [-0.3, -0.25) is 4.79 Å². The lowest BCUT2D eigenvalue weighted by Crippen LogP contribution is -2.45. The summed E-state index contributed by atoms with van der Waals surface area (Å²) in [6.07, 6.45) is 1.11. The van der Waals surface area contributed by atoms with Crippen LogP contribution >= 0.6 is 0 Å². The number of carbonyl (C=O) groups excluding carboxylic acids is 1. The lowest BCUT2D eigenvalue weighted by Gasteiger charge is -2.39. The molecule has 0 atom stereocenters. The van der Waals surface area contributed by atoms with Crippen molar-refractivity contribution < 1.29 is 36.2 Å². The number of piperidine rings is 1. The molecule has 1 spiro atoms. The highest BCUT2D eigenvalue weighted by atomic mass is 19.2. The number of rotatable bonds is 3. The zero-order valence-corrected chi connectivity index (χ0v) is 16.5. The lowest BCUT2D eigenvalue weighted by atomic mass is 9.99. The van der Waals surface area contributed by atoms with Crippen LogP contribution in [0, 0.1) is 36.0 Å². The Hall–Kier alpha value is -2.72. The van der Waals surface area contributed by atoms with Gasteiger partial charge in [-0.1, -0.05) is 12.1 Å². The predicted molar refractivity (Wildman–Crippen MR) is 101 cm³/mol. The van der Waals surface area contributed by atoms with Gasteiger partial charge in [0.2, 0.25) is 5.82 Å². The van der Waals surface area contributed by atoms with E-state index in [1.54, 1.807) is 25.1 Å². The van der Waals surface area contributed by atoms with E-state index in [4.69, 9.17) is 9.47 Å². The third-order valence-corrected chi connectivity index (χ3v) is 5.61. The highest BCUT2D eigenvalue weighted by Crippen LogP contribution is 2.35. The highest BCUT2D eigenvalue weighted by molar-refractivity contribution is 6.09. The molecule has 5 nitrogen and oxygen atoms in total. The molecule has 2 aromatic carbocycles. The van der Waals surface area contributed by atoms with E-state index < -0.39 is 46.5 Å². The van der Waals surface area contributed by atoms with E-state index in [2.05, 4.69) is 0 Å². The summed E-state index contributed by atoms with van der Waals surface area (Å²) in [6.45, 7) is 3.63. The molecule has 31 heavy (non-hydrogen) atoms. The summed E-state index contributed by atoms with van der Waals surface area (Å²) < 4.78 is 79.7. The topological polar surface area (TPSA) is 50.8 Å². The molecule has 2 saturated heterocycles. The van der Waals surface area contributed by atoms with E-state index in [0.29, 0.717) is 50.4 Å². The van der Waals surface area contributed by atoms with Crippen molar-refractivity contribution in [3.63, 3.8) is 0 Å². The second-order valence-electron chi connectivity index (χ2n) is 7.46. The Labute approximate surface area is 174 Å². The van der Waals surface area contributed by atoms with Gasteiger partial charge in [0.25, 0.3) is 5.91 Å². The largest absolute Gasteiger partial charge is 0.370 e. The first-order chi connectivity index (χ1) is 14.7. The van der Waals surface area contributed by atoms with Crippen LogP contribution in [0.25, 0.3) is 0 Å². The Kier molecular flexibility index (Phi) is 5.61. The maximum Gasteiger partial charge on any atom is 0.258 e. The van der Waals surface area contributed by atoms with Crippen LogP contribution in [0.3, 0.4) is 0 Å². The van der Waals surface area contributed by atoms with Crippen LogP contribution in [0.4, 0.5) is 33.3 Å². The molecule has 1 N–H and O–H groups in total. The van der Waals surface area contributed by atoms with Crippen LogP contribution in [0.1, 0.15) is 28.8 Å². The standard InChI is InChI=1S/C21H19F5N2O3/c1-11-3-2-4-12(28-7-5-21(6-8-28)30-9-10-31-21)13(11)20(29)27-19-17(25)15(23)14(22)16(24)18(19)26/h2-4H,5-10H2,1H3,(H,27,29). The maximum absolute atomic E-state index is 14.0. The van der Waals surface area contributed by atoms with Crippen molar-refractivity contribution in [3.05, 3.63) is 58.4 Å². The molecule has 4 rings (SSSR count). The quantitative estimate of drug-likeness (QED) is 0.438. The van der Waals surface area contributed by atoms with Gasteiger partial charge in [-0.25, -0.2) is 22.0 Å². The van der Waals surface area contributed by atoms with Crippen molar-refractivity contribution in [1.82, 2.24) is 0 Å². The Balaban J connectivity index is 1.63. The summed E-state index contributed by atoms with van der Waals surface area (Å²) in [5.74, 6) is -12.4. The Morgan fingerprint density at radius 3 is 2.06 bits per heavy atom. The van der Waals surface area contributed by atoms with Crippen LogP contribution < -0.4 is 10.2 Å². The molecule has 0 aliphatic carbocycles. The number of hydrogen-bond donors (Lipinski definition) is 1. The average molecular weight is 442 g/mol. The van der Waals surface area contributed by atoms with Crippen molar-refractivity contribution in [1.29, 1.82) is 0 Å². The smallest absolute Gasteiger partial charge is 0.258 e. The van der Waals surface area contributed by atoms with Crippen LogP contribution in [-0.2, 0) is 9.47 Å². The van der Waals surface area contributed by atoms with Crippen LogP contribution in [-0.4, -0.2) is 38.0 Å². The van der Waals surface area contributed by atoms with Gasteiger partial charge in [0.15, 0.2) is 29.1 Å². The van der Waals surface area contributed by atoms with E-state index in [1.807, 2.05) is 10.2 Å². The summed E-state index contributed by atoms with van der Waals surface area (Å²) in [5.41, 5.74) is -0.349. The highest BCUT2D eigenvalue weighted by Gasteiger charge is 2.40. The van der Waals surface area contributed by atoms with Crippen molar-refractivity contribution in [3.8, 4) is 0 Å². The molecule has 2 fully saturated rings. The van der Waals surface area contributed by atoms with Gasteiger partial charge in [0, 0.05) is 31.6 Å². The van der Waals surface area contributed by atoms with Gasteiger partial charge in [-0.15, -0.1) is 0 Å². The minimum absolute atomic E-state index is 0.0793. The molecule has 0 unspecified atom stereocenters. The van der Waals surface area contributed by atoms with Crippen LogP contribution in [0.5, 0.6) is 0 Å². The summed E-state index contributed by atoms with van der Waals surface area (Å²) in [5, 5.41) is 1.86. The number of benzene rings is 2. The molecule has 0 radical (unpaired) electrons. The number of anilines is 2. The molecule has 2 heterocycles. The van der Waals surface area contributed by atoms with E-state index in [9.17, 15) is 26.7 Å². The normalized spacial score (nSPS) is 17.9. The van der Waals surface area contributed by atoms with Crippen LogP contribution in [0.2, 0.25) is 0 Å². The summed E-state index contributed by atoms with van der Waals surface area (Å²) in [7, 11) is 0. The first-order valence-corrected chi connectivity index (χ1v) is 9.69.